The normalized spacial score (nSPS) is 19.5. The third-order valence-corrected chi connectivity index (χ3v) is 5.92. The van der Waals surface area contributed by atoms with Crippen LogP contribution in [-0.4, -0.2) is 77.0 Å². The molecule has 4 rings (SSSR count). The highest BCUT2D eigenvalue weighted by Gasteiger charge is 2.36. The van der Waals surface area contributed by atoms with E-state index in [2.05, 4.69) is 26.6 Å². The summed E-state index contributed by atoms with van der Waals surface area (Å²) in [5.41, 5.74) is 2.20. The van der Waals surface area contributed by atoms with E-state index in [0.717, 1.165) is 32.7 Å². The average Bonchev–Trinajstić information content (AvgIpc) is 3.27. The summed E-state index contributed by atoms with van der Waals surface area (Å²) in [6, 6.07) is 8.98. The highest BCUT2D eigenvalue weighted by molar-refractivity contribution is 7.07. The molecule has 0 saturated carbocycles. The molecule has 1 aromatic heterocycles. The van der Waals surface area contributed by atoms with E-state index in [-0.39, 0.29) is 18.4 Å². The molecule has 1 N–H and O–H groups in total. The van der Waals surface area contributed by atoms with Gasteiger partial charge < -0.3 is 5.11 Å². The number of piperazine rings is 1. The molecule has 6 nitrogen and oxygen atoms in total. The first-order valence-corrected chi connectivity index (χ1v) is 10.1. The van der Waals surface area contributed by atoms with Gasteiger partial charge in [0, 0.05) is 39.3 Å². The molecule has 0 spiro atoms. The Kier molecular flexibility index (Phi) is 5.36. The number of rotatable bonds is 6. The number of hydrogen-bond acceptors (Lipinski definition) is 6. The van der Waals surface area contributed by atoms with Crippen molar-refractivity contribution in [2.75, 3.05) is 39.3 Å². The molecular weight excluding hydrogens is 362 g/mol. The number of imide groups is 1. The highest BCUT2D eigenvalue weighted by atomic mass is 32.1. The molecule has 1 saturated heterocycles. The van der Waals surface area contributed by atoms with Crippen LogP contribution < -0.4 is 0 Å². The number of aliphatic hydroxyl groups excluding tert-OH is 1. The second-order valence-electron chi connectivity index (χ2n) is 7.13. The molecular formula is C20H23N3O3S. The second kappa shape index (κ2) is 7.90. The zero-order valence-corrected chi connectivity index (χ0v) is 15.9. The summed E-state index contributed by atoms with van der Waals surface area (Å²) in [6.45, 7) is 5.15. The molecule has 1 aromatic carbocycles. The standard InChI is InChI=1S/C20H23N3O3S/c24-16(13-23-19(25)17-3-1-2-4-18(17)20(23)26)12-22-8-6-21(7-9-22)11-15-5-10-27-14-15/h1-5,10,14,16,24H,6-9,11-13H2/t16-/m1/s1. The Morgan fingerprint density at radius 3 is 2.15 bits per heavy atom. The largest absolute Gasteiger partial charge is 0.390 e. The summed E-state index contributed by atoms with van der Waals surface area (Å²) in [7, 11) is 0. The number of fused-ring (bicyclic) bond motifs is 1. The highest BCUT2D eigenvalue weighted by Crippen LogP contribution is 2.22. The summed E-state index contributed by atoms with van der Waals surface area (Å²) in [5, 5.41) is 14.7. The fourth-order valence-electron chi connectivity index (χ4n) is 3.74. The quantitative estimate of drug-likeness (QED) is 0.764. The van der Waals surface area contributed by atoms with Crippen molar-refractivity contribution in [3.8, 4) is 0 Å². The van der Waals surface area contributed by atoms with Crippen molar-refractivity contribution in [1.82, 2.24) is 14.7 Å². The molecule has 142 valence electrons. The topological polar surface area (TPSA) is 64.1 Å². The van der Waals surface area contributed by atoms with Gasteiger partial charge in [-0.25, -0.2) is 0 Å². The van der Waals surface area contributed by atoms with E-state index in [1.165, 1.54) is 10.5 Å². The van der Waals surface area contributed by atoms with Crippen LogP contribution in [0.3, 0.4) is 0 Å². The van der Waals surface area contributed by atoms with Gasteiger partial charge in [0.25, 0.3) is 11.8 Å². The van der Waals surface area contributed by atoms with Gasteiger partial charge in [-0.3, -0.25) is 24.3 Å². The summed E-state index contributed by atoms with van der Waals surface area (Å²) < 4.78 is 0. The van der Waals surface area contributed by atoms with Crippen LogP contribution in [0.5, 0.6) is 0 Å². The molecule has 1 atom stereocenters. The molecule has 0 radical (unpaired) electrons. The van der Waals surface area contributed by atoms with Crippen LogP contribution in [0.15, 0.2) is 41.1 Å². The van der Waals surface area contributed by atoms with E-state index in [9.17, 15) is 14.7 Å². The van der Waals surface area contributed by atoms with E-state index < -0.39 is 6.10 Å². The van der Waals surface area contributed by atoms with Gasteiger partial charge in [-0.2, -0.15) is 11.3 Å². The van der Waals surface area contributed by atoms with Gasteiger partial charge >= 0.3 is 0 Å². The molecule has 0 bridgehead atoms. The van der Waals surface area contributed by atoms with E-state index in [1.54, 1.807) is 35.6 Å². The number of benzene rings is 1. The first-order valence-electron chi connectivity index (χ1n) is 9.21. The van der Waals surface area contributed by atoms with Crippen molar-refractivity contribution in [3.63, 3.8) is 0 Å². The molecule has 3 heterocycles. The van der Waals surface area contributed by atoms with Gasteiger partial charge in [0.05, 0.1) is 23.8 Å². The Morgan fingerprint density at radius 1 is 0.926 bits per heavy atom. The predicted molar refractivity (Wildman–Crippen MR) is 104 cm³/mol. The molecule has 2 aromatic rings. The van der Waals surface area contributed by atoms with Crippen LogP contribution >= 0.6 is 11.3 Å². The minimum atomic E-state index is -0.740. The van der Waals surface area contributed by atoms with Crippen molar-refractivity contribution in [3.05, 3.63) is 57.8 Å². The summed E-state index contributed by atoms with van der Waals surface area (Å²) in [6.07, 6.45) is -0.740. The first kappa shape index (κ1) is 18.3. The Morgan fingerprint density at radius 2 is 1.56 bits per heavy atom. The molecule has 0 unspecified atom stereocenters. The van der Waals surface area contributed by atoms with Crippen LogP contribution in [-0.2, 0) is 6.54 Å². The number of hydrogen-bond donors (Lipinski definition) is 1. The maximum absolute atomic E-state index is 12.4. The average molecular weight is 385 g/mol. The first-order chi connectivity index (χ1) is 13.1. The van der Waals surface area contributed by atoms with E-state index >= 15 is 0 Å². The van der Waals surface area contributed by atoms with Crippen molar-refractivity contribution in [2.24, 2.45) is 0 Å². The predicted octanol–water partition coefficient (Wildman–Crippen LogP) is 1.52. The lowest BCUT2D eigenvalue weighted by Crippen LogP contribution is -2.50. The lowest BCUT2D eigenvalue weighted by molar-refractivity contribution is 0.0393. The summed E-state index contributed by atoms with van der Waals surface area (Å²) >= 11 is 1.72. The minimum absolute atomic E-state index is 0.0431. The van der Waals surface area contributed by atoms with Gasteiger partial charge in [-0.05, 0) is 34.5 Å². The van der Waals surface area contributed by atoms with Crippen molar-refractivity contribution in [2.45, 2.75) is 12.6 Å². The number of carbonyl (C=O) groups is 2. The SMILES string of the molecule is O=C1c2ccccc2C(=O)N1C[C@H](O)CN1CCN(Cc2ccsc2)CC1. The van der Waals surface area contributed by atoms with E-state index in [0.29, 0.717) is 17.7 Å². The third kappa shape index (κ3) is 3.96. The number of amides is 2. The van der Waals surface area contributed by atoms with Crippen molar-refractivity contribution in [1.29, 1.82) is 0 Å². The fourth-order valence-corrected chi connectivity index (χ4v) is 4.40. The Bertz CT molecular complexity index is 781. The number of carbonyl (C=O) groups excluding carboxylic acids is 2. The van der Waals surface area contributed by atoms with Crippen LogP contribution in [0.25, 0.3) is 0 Å². The third-order valence-electron chi connectivity index (χ3n) is 5.19. The van der Waals surface area contributed by atoms with Gasteiger partial charge in [-0.15, -0.1) is 0 Å². The van der Waals surface area contributed by atoms with Gasteiger partial charge in [-0.1, -0.05) is 12.1 Å². The van der Waals surface area contributed by atoms with Gasteiger partial charge in [0.15, 0.2) is 0 Å². The maximum Gasteiger partial charge on any atom is 0.261 e. The molecule has 2 amide bonds. The van der Waals surface area contributed by atoms with Gasteiger partial charge in [0.1, 0.15) is 0 Å². The number of aliphatic hydroxyl groups is 1. The Hall–Kier alpha value is -2.06. The lowest BCUT2D eigenvalue weighted by atomic mass is 10.1. The molecule has 2 aliphatic heterocycles. The fraction of sp³-hybridized carbons (Fsp3) is 0.400. The summed E-state index contributed by atoms with van der Waals surface area (Å²) in [5.74, 6) is -0.620. The second-order valence-corrected chi connectivity index (χ2v) is 7.91. The maximum atomic E-state index is 12.4. The molecule has 2 aliphatic rings. The van der Waals surface area contributed by atoms with Crippen molar-refractivity contribution >= 4 is 23.2 Å². The summed E-state index contributed by atoms with van der Waals surface area (Å²) in [4.78, 5) is 30.6. The van der Waals surface area contributed by atoms with Crippen molar-refractivity contribution < 1.29 is 14.7 Å². The van der Waals surface area contributed by atoms with Crippen LogP contribution in [0.1, 0.15) is 26.3 Å². The van der Waals surface area contributed by atoms with Gasteiger partial charge in [0.2, 0.25) is 0 Å². The zero-order chi connectivity index (χ0) is 18.8. The Balaban J connectivity index is 1.26. The number of nitrogens with zero attached hydrogens (tertiary/aromatic N) is 3. The molecule has 0 aliphatic carbocycles. The van der Waals surface area contributed by atoms with E-state index in [1.807, 2.05) is 0 Å². The molecule has 7 heteroatoms. The smallest absolute Gasteiger partial charge is 0.261 e. The van der Waals surface area contributed by atoms with Crippen LogP contribution in [0.4, 0.5) is 0 Å². The van der Waals surface area contributed by atoms with Crippen LogP contribution in [0.2, 0.25) is 0 Å². The van der Waals surface area contributed by atoms with E-state index in [4.69, 9.17) is 0 Å². The minimum Gasteiger partial charge on any atom is -0.390 e. The number of thiophene rings is 1. The van der Waals surface area contributed by atoms with Crippen LogP contribution in [0, 0.1) is 0 Å². The lowest BCUT2D eigenvalue weighted by Gasteiger charge is -2.35. The zero-order valence-electron chi connectivity index (χ0n) is 15.1. The number of β-amino-alcohol motifs (C(OH)–C–C–N with tert-alkyl or cyclic N) is 1. The monoisotopic (exact) mass is 385 g/mol. The Labute approximate surface area is 162 Å². The molecule has 27 heavy (non-hydrogen) atoms. The molecule has 1 fully saturated rings.